The van der Waals surface area contributed by atoms with Crippen LogP contribution in [0.3, 0.4) is 0 Å². The van der Waals surface area contributed by atoms with Gasteiger partial charge in [-0.05, 0) is 31.2 Å². The molecule has 112 valence electrons. The summed E-state index contributed by atoms with van der Waals surface area (Å²) in [5.41, 5.74) is 0.0602. The maximum Gasteiger partial charge on any atom is 0.0859 e. The van der Waals surface area contributed by atoms with Crippen molar-refractivity contribution in [2.75, 3.05) is 32.9 Å². The van der Waals surface area contributed by atoms with Crippen LogP contribution in [0.2, 0.25) is 0 Å². The van der Waals surface area contributed by atoms with Crippen molar-refractivity contribution in [2.45, 2.75) is 38.3 Å². The largest absolute Gasteiger partial charge is 0.381 e. The summed E-state index contributed by atoms with van der Waals surface area (Å²) in [6.45, 7) is 7.82. The molecule has 1 aliphatic carbocycles. The van der Waals surface area contributed by atoms with Gasteiger partial charge in [0.05, 0.1) is 18.8 Å². The Morgan fingerprint density at radius 2 is 2.50 bits per heavy atom. The quantitative estimate of drug-likeness (QED) is 0.833. The molecule has 2 fully saturated rings. The van der Waals surface area contributed by atoms with Gasteiger partial charge in [-0.1, -0.05) is 12.5 Å². The Morgan fingerprint density at radius 3 is 3.30 bits per heavy atom. The second-order valence-corrected chi connectivity index (χ2v) is 6.98. The molecule has 1 aromatic rings. The van der Waals surface area contributed by atoms with E-state index in [0.29, 0.717) is 5.92 Å². The second-order valence-electron chi connectivity index (χ2n) is 5.95. The van der Waals surface area contributed by atoms with Gasteiger partial charge in [0.25, 0.3) is 0 Å². The molecule has 2 aliphatic rings. The summed E-state index contributed by atoms with van der Waals surface area (Å²) in [6.07, 6.45) is 3.74. The van der Waals surface area contributed by atoms with E-state index in [-0.39, 0.29) is 5.60 Å². The first-order valence-corrected chi connectivity index (χ1v) is 8.67. The molecule has 2 atom stereocenters. The first-order chi connectivity index (χ1) is 9.82. The summed E-state index contributed by atoms with van der Waals surface area (Å²) in [5, 5.41) is 2.17. The molecule has 0 amide bonds. The van der Waals surface area contributed by atoms with E-state index < -0.39 is 0 Å². The molecule has 0 N–H and O–H groups in total. The lowest BCUT2D eigenvalue weighted by atomic mass is 9.89. The average Bonchev–Trinajstić information content (AvgIpc) is 3.08. The predicted octanol–water partition coefficient (Wildman–Crippen LogP) is 3.16. The van der Waals surface area contributed by atoms with Crippen LogP contribution in [-0.2, 0) is 16.0 Å². The van der Waals surface area contributed by atoms with E-state index in [4.69, 9.17) is 9.47 Å². The SMILES string of the molecule is CCOC[C@@H]1CCC[C@]12CN(Cc1cccs1)CCO2. The van der Waals surface area contributed by atoms with Crippen LogP contribution in [0.25, 0.3) is 0 Å². The zero-order chi connectivity index (χ0) is 13.8. The molecule has 1 spiro atoms. The minimum absolute atomic E-state index is 0.0602. The summed E-state index contributed by atoms with van der Waals surface area (Å²) in [7, 11) is 0. The highest BCUT2D eigenvalue weighted by Crippen LogP contribution is 2.41. The van der Waals surface area contributed by atoms with Crippen molar-refractivity contribution in [1.82, 2.24) is 4.90 Å². The smallest absolute Gasteiger partial charge is 0.0859 e. The van der Waals surface area contributed by atoms with Crippen LogP contribution in [0.5, 0.6) is 0 Å². The number of nitrogens with zero attached hydrogens (tertiary/aromatic N) is 1. The third-order valence-electron chi connectivity index (χ3n) is 4.67. The molecule has 1 saturated heterocycles. The zero-order valence-corrected chi connectivity index (χ0v) is 13.2. The maximum atomic E-state index is 6.27. The fraction of sp³-hybridized carbons (Fsp3) is 0.750. The van der Waals surface area contributed by atoms with Crippen LogP contribution in [0.1, 0.15) is 31.1 Å². The van der Waals surface area contributed by atoms with Crippen LogP contribution in [0.15, 0.2) is 17.5 Å². The highest BCUT2D eigenvalue weighted by atomic mass is 32.1. The zero-order valence-electron chi connectivity index (χ0n) is 12.3. The topological polar surface area (TPSA) is 21.7 Å². The molecule has 3 nitrogen and oxygen atoms in total. The number of rotatable bonds is 5. The summed E-state index contributed by atoms with van der Waals surface area (Å²) in [6, 6.07) is 4.38. The van der Waals surface area contributed by atoms with Crippen molar-refractivity contribution >= 4 is 11.3 Å². The lowest BCUT2D eigenvalue weighted by molar-refractivity contribution is -0.142. The average molecular weight is 295 g/mol. The summed E-state index contributed by atoms with van der Waals surface area (Å²) in [4.78, 5) is 4.03. The molecule has 0 bridgehead atoms. The molecule has 0 aromatic carbocycles. The lowest BCUT2D eigenvalue weighted by Crippen LogP contribution is -2.54. The summed E-state index contributed by atoms with van der Waals surface area (Å²) >= 11 is 1.86. The molecule has 0 radical (unpaired) electrons. The van der Waals surface area contributed by atoms with E-state index in [1.54, 1.807) is 0 Å². The van der Waals surface area contributed by atoms with Gasteiger partial charge < -0.3 is 9.47 Å². The molecule has 1 aromatic heterocycles. The molecule has 1 aliphatic heterocycles. The van der Waals surface area contributed by atoms with Crippen LogP contribution >= 0.6 is 11.3 Å². The molecular formula is C16H25NO2S. The van der Waals surface area contributed by atoms with Crippen molar-refractivity contribution in [3.05, 3.63) is 22.4 Å². The summed E-state index contributed by atoms with van der Waals surface area (Å²) in [5.74, 6) is 0.577. The van der Waals surface area contributed by atoms with Gasteiger partial charge in [-0.2, -0.15) is 0 Å². The first-order valence-electron chi connectivity index (χ1n) is 7.79. The van der Waals surface area contributed by atoms with E-state index in [0.717, 1.165) is 39.5 Å². The third kappa shape index (κ3) is 3.08. The number of morpholine rings is 1. The van der Waals surface area contributed by atoms with E-state index in [1.165, 1.54) is 24.1 Å². The minimum Gasteiger partial charge on any atom is -0.381 e. The van der Waals surface area contributed by atoms with Crippen molar-refractivity contribution in [1.29, 1.82) is 0 Å². The normalized spacial score (nSPS) is 31.1. The van der Waals surface area contributed by atoms with Crippen molar-refractivity contribution in [3.8, 4) is 0 Å². The van der Waals surface area contributed by atoms with Crippen molar-refractivity contribution in [3.63, 3.8) is 0 Å². The van der Waals surface area contributed by atoms with Crippen LogP contribution in [-0.4, -0.2) is 43.4 Å². The third-order valence-corrected chi connectivity index (χ3v) is 5.53. The first kappa shape index (κ1) is 14.5. The minimum atomic E-state index is 0.0602. The molecular weight excluding hydrogens is 270 g/mol. The van der Waals surface area contributed by atoms with Gasteiger partial charge in [0, 0.05) is 37.0 Å². The van der Waals surface area contributed by atoms with Crippen LogP contribution < -0.4 is 0 Å². The number of ether oxygens (including phenoxy) is 2. The highest BCUT2D eigenvalue weighted by molar-refractivity contribution is 7.09. The van der Waals surface area contributed by atoms with Gasteiger partial charge in [0.15, 0.2) is 0 Å². The van der Waals surface area contributed by atoms with Crippen LogP contribution in [0, 0.1) is 5.92 Å². The molecule has 20 heavy (non-hydrogen) atoms. The van der Waals surface area contributed by atoms with Gasteiger partial charge in [0.1, 0.15) is 0 Å². The van der Waals surface area contributed by atoms with E-state index in [2.05, 4.69) is 29.3 Å². The van der Waals surface area contributed by atoms with Gasteiger partial charge >= 0.3 is 0 Å². The van der Waals surface area contributed by atoms with Crippen molar-refractivity contribution in [2.24, 2.45) is 5.92 Å². The van der Waals surface area contributed by atoms with E-state index in [1.807, 2.05) is 11.3 Å². The van der Waals surface area contributed by atoms with E-state index in [9.17, 15) is 0 Å². The van der Waals surface area contributed by atoms with Gasteiger partial charge in [-0.3, -0.25) is 4.90 Å². The Morgan fingerprint density at radius 1 is 1.55 bits per heavy atom. The van der Waals surface area contributed by atoms with E-state index >= 15 is 0 Å². The molecule has 4 heteroatoms. The molecule has 3 rings (SSSR count). The Balaban J connectivity index is 1.63. The number of hydrogen-bond donors (Lipinski definition) is 0. The fourth-order valence-corrected chi connectivity index (χ4v) is 4.39. The Bertz CT molecular complexity index is 409. The van der Waals surface area contributed by atoms with Gasteiger partial charge in [0.2, 0.25) is 0 Å². The van der Waals surface area contributed by atoms with Crippen molar-refractivity contribution < 1.29 is 9.47 Å². The van der Waals surface area contributed by atoms with Gasteiger partial charge in [-0.25, -0.2) is 0 Å². The predicted molar refractivity (Wildman–Crippen MR) is 82.1 cm³/mol. The molecule has 1 saturated carbocycles. The fourth-order valence-electron chi connectivity index (χ4n) is 3.65. The number of thiophene rings is 1. The monoisotopic (exact) mass is 295 g/mol. The molecule has 0 unspecified atom stereocenters. The lowest BCUT2D eigenvalue weighted by Gasteiger charge is -2.44. The Labute approximate surface area is 125 Å². The van der Waals surface area contributed by atoms with Crippen LogP contribution in [0.4, 0.5) is 0 Å². The Hall–Kier alpha value is -0.420. The number of hydrogen-bond acceptors (Lipinski definition) is 4. The standard InChI is InChI=1S/C16H25NO2S/c1-2-18-12-14-5-3-7-16(14)13-17(8-9-19-16)11-15-6-4-10-20-15/h4,6,10,14H,2-3,5,7-9,11-13H2,1H3/t14-,16-/m0/s1. The highest BCUT2D eigenvalue weighted by Gasteiger charge is 2.46. The Kier molecular flexibility index (Phi) is 4.76. The summed E-state index contributed by atoms with van der Waals surface area (Å²) < 4.78 is 12.0. The molecule has 2 heterocycles. The maximum absolute atomic E-state index is 6.27. The van der Waals surface area contributed by atoms with Gasteiger partial charge in [-0.15, -0.1) is 11.3 Å². The second kappa shape index (κ2) is 6.56.